The van der Waals surface area contributed by atoms with E-state index in [0.29, 0.717) is 0 Å². The molecule has 3 aromatic carbocycles. The van der Waals surface area contributed by atoms with Gasteiger partial charge in [-0.1, -0.05) is 103 Å². The standard InChI is InChI=1S/C28H29NO2/c1-31-27(30)20-12-11-19-26(22-21-23-13-5-2-6-14-23)29-28(24-15-7-3-8-16-24)25-17-9-4-10-18-25/h2-18,26H,19-22H2,1H3/b12-11+. The van der Waals surface area contributed by atoms with Crippen LogP contribution in [0.5, 0.6) is 0 Å². The van der Waals surface area contributed by atoms with Gasteiger partial charge < -0.3 is 4.74 Å². The first-order valence-corrected chi connectivity index (χ1v) is 10.7. The van der Waals surface area contributed by atoms with Gasteiger partial charge >= 0.3 is 5.97 Å². The second-order valence-electron chi connectivity index (χ2n) is 7.38. The van der Waals surface area contributed by atoms with Crippen molar-refractivity contribution < 1.29 is 9.53 Å². The zero-order chi connectivity index (χ0) is 21.7. The van der Waals surface area contributed by atoms with E-state index in [0.717, 1.165) is 36.1 Å². The van der Waals surface area contributed by atoms with E-state index >= 15 is 0 Å². The summed E-state index contributed by atoms with van der Waals surface area (Å²) in [6, 6.07) is 31.2. The van der Waals surface area contributed by atoms with Crippen LogP contribution in [0.3, 0.4) is 0 Å². The van der Waals surface area contributed by atoms with Gasteiger partial charge in [0.15, 0.2) is 0 Å². The van der Waals surface area contributed by atoms with Gasteiger partial charge in [-0.15, -0.1) is 0 Å². The fourth-order valence-corrected chi connectivity index (χ4v) is 3.42. The molecular weight excluding hydrogens is 382 g/mol. The highest BCUT2D eigenvalue weighted by Crippen LogP contribution is 2.17. The first-order valence-electron chi connectivity index (χ1n) is 10.7. The molecule has 3 nitrogen and oxygen atoms in total. The third kappa shape index (κ3) is 7.38. The smallest absolute Gasteiger partial charge is 0.309 e. The molecule has 3 heteroatoms. The van der Waals surface area contributed by atoms with Crippen molar-refractivity contribution >= 4 is 11.7 Å². The van der Waals surface area contributed by atoms with Gasteiger partial charge in [0.05, 0.1) is 25.3 Å². The summed E-state index contributed by atoms with van der Waals surface area (Å²) in [6.07, 6.45) is 6.86. The van der Waals surface area contributed by atoms with Crippen molar-refractivity contribution in [1.82, 2.24) is 0 Å². The van der Waals surface area contributed by atoms with Gasteiger partial charge in [-0.25, -0.2) is 0 Å². The van der Waals surface area contributed by atoms with Crippen LogP contribution in [-0.2, 0) is 16.0 Å². The summed E-state index contributed by atoms with van der Waals surface area (Å²) < 4.78 is 4.73. The molecule has 0 aliphatic rings. The minimum Gasteiger partial charge on any atom is -0.469 e. The Morgan fingerprint density at radius 2 is 1.39 bits per heavy atom. The van der Waals surface area contributed by atoms with Gasteiger partial charge in [0, 0.05) is 11.1 Å². The fourth-order valence-electron chi connectivity index (χ4n) is 3.42. The van der Waals surface area contributed by atoms with Crippen LogP contribution >= 0.6 is 0 Å². The van der Waals surface area contributed by atoms with Crippen molar-refractivity contribution in [2.45, 2.75) is 31.7 Å². The summed E-state index contributed by atoms with van der Waals surface area (Å²) >= 11 is 0. The van der Waals surface area contributed by atoms with E-state index in [1.807, 2.05) is 54.6 Å². The lowest BCUT2D eigenvalue weighted by atomic mass is 9.99. The van der Waals surface area contributed by atoms with Gasteiger partial charge in [0.2, 0.25) is 0 Å². The number of aliphatic imine (C=N–C) groups is 1. The summed E-state index contributed by atoms with van der Waals surface area (Å²) in [5.74, 6) is -0.227. The lowest BCUT2D eigenvalue weighted by Gasteiger charge is -2.15. The molecule has 0 aromatic heterocycles. The number of esters is 1. The van der Waals surface area contributed by atoms with Crippen molar-refractivity contribution in [3.63, 3.8) is 0 Å². The van der Waals surface area contributed by atoms with Crippen LogP contribution in [0.25, 0.3) is 0 Å². The van der Waals surface area contributed by atoms with Crippen LogP contribution in [-0.4, -0.2) is 24.8 Å². The Hall–Kier alpha value is -3.46. The maximum atomic E-state index is 11.4. The maximum Gasteiger partial charge on any atom is 0.309 e. The average Bonchev–Trinajstić information content (AvgIpc) is 2.84. The van der Waals surface area contributed by atoms with Gasteiger partial charge in [0.25, 0.3) is 0 Å². The summed E-state index contributed by atoms with van der Waals surface area (Å²) in [5.41, 5.74) is 4.52. The first-order chi connectivity index (χ1) is 15.3. The molecule has 0 saturated carbocycles. The lowest BCUT2D eigenvalue weighted by Crippen LogP contribution is -2.12. The summed E-state index contributed by atoms with van der Waals surface area (Å²) in [4.78, 5) is 16.6. The third-order valence-electron chi connectivity index (χ3n) is 5.10. The Bertz CT molecular complexity index is 938. The van der Waals surface area contributed by atoms with E-state index in [1.165, 1.54) is 12.7 Å². The van der Waals surface area contributed by atoms with Crippen molar-refractivity contribution in [3.05, 3.63) is 120 Å². The van der Waals surface area contributed by atoms with E-state index in [1.54, 1.807) is 0 Å². The molecule has 0 fully saturated rings. The van der Waals surface area contributed by atoms with E-state index in [9.17, 15) is 4.79 Å². The monoisotopic (exact) mass is 411 g/mol. The van der Waals surface area contributed by atoms with Crippen LogP contribution in [0.15, 0.2) is 108 Å². The molecule has 0 aliphatic heterocycles. The summed E-state index contributed by atoms with van der Waals surface area (Å²) in [6.45, 7) is 0. The fraction of sp³-hybridized carbons (Fsp3) is 0.214. The molecular formula is C28H29NO2. The quantitative estimate of drug-likeness (QED) is 0.232. The topological polar surface area (TPSA) is 38.7 Å². The van der Waals surface area contributed by atoms with Crippen molar-refractivity contribution in [2.24, 2.45) is 4.99 Å². The van der Waals surface area contributed by atoms with E-state index < -0.39 is 0 Å². The highest BCUT2D eigenvalue weighted by atomic mass is 16.5. The number of benzene rings is 3. The van der Waals surface area contributed by atoms with Crippen LogP contribution < -0.4 is 0 Å². The molecule has 0 saturated heterocycles. The number of aryl methyl sites for hydroxylation is 1. The highest BCUT2D eigenvalue weighted by molar-refractivity contribution is 6.12. The summed E-state index contributed by atoms with van der Waals surface area (Å²) in [5, 5.41) is 0. The SMILES string of the molecule is COC(=O)C/C=C/CC(CCc1ccccc1)N=C(c1ccccc1)c1ccccc1. The Morgan fingerprint density at radius 3 is 1.94 bits per heavy atom. The molecule has 0 amide bonds. The van der Waals surface area contributed by atoms with E-state index in [4.69, 9.17) is 9.73 Å². The van der Waals surface area contributed by atoms with Crippen LogP contribution in [0.1, 0.15) is 36.0 Å². The van der Waals surface area contributed by atoms with Crippen LogP contribution in [0.4, 0.5) is 0 Å². The predicted molar refractivity (Wildman–Crippen MR) is 127 cm³/mol. The Kier molecular flexibility index (Phi) is 8.81. The molecule has 0 aliphatic carbocycles. The molecule has 1 unspecified atom stereocenters. The van der Waals surface area contributed by atoms with Crippen LogP contribution in [0.2, 0.25) is 0 Å². The minimum absolute atomic E-state index is 0.101. The number of ether oxygens (including phenoxy) is 1. The largest absolute Gasteiger partial charge is 0.469 e. The van der Waals surface area contributed by atoms with Gasteiger partial charge in [-0.2, -0.15) is 0 Å². The number of carbonyl (C=O) groups excluding carboxylic acids is 1. The second kappa shape index (κ2) is 12.3. The molecule has 1 atom stereocenters. The number of nitrogens with zero attached hydrogens (tertiary/aromatic N) is 1. The lowest BCUT2D eigenvalue weighted by molar-refractivity contribution is -0.139. The minimum atomic E-state index is -0.227. The maximum absolute atomic E-state index is 11.4. The molecule has 0 bridgehead atoms. The van der Waals surface area contributed by atoms with E-state index in [2.05, 4.69) is 48.5 Å². The average molecular weight is 412 g/mol. The number of hydrogen-bond donors (Lipinski definition) is 0. The Labute approximate surface area is 185 Å². The molecule has 0 spiro atoms. The zero-order valence-electron chi connectivity index (χ0n) is 18.0. The summed E-state index contributed by atoms with van der Waals surface area (Å²) in [7, 11) is 1.41. The molecule has 3 rings (SSSR count). The zero-order valence-corrected chi connectivity index (χ0v) is 18.0. The normalized spacial score (nSPS) is 11.8. The van der Waals surface area contributed by atoms with Crippen LogP contribution in [0, 0.1) is 0 Å². The van der Waals surface area contributed by atoms with E-state index in [-0.39, 0.29) is 18.4 Å². The molecule has 3 aromatic rings. The highest BCUT2D eigenvalue weighted by Gasteiger charge is 2.12. The van der Waals surface area contributed by atoms with Gasteiger partial charge in [-0.3, -0.25) is 9.79 Å². The Balaban J connectivity index is 1.86. The van der Waals surface area contributed by atoms with Crippen molar-refractivity contribution in [2.75, 3.05) is 7.11 Å². The molecule has 0 heterocycles. The molecule has 158 valence electrons. The number of hydrogen-bond acceptors (Lipinski definition) is 3. The van der Waals surface area contributed by atoms with Crippen molar-refractivity contribution in [1.29, 1.82) is 0 Å². The number of methoxy groups -OCH3 is 1. The number of rotatable bonds is 10. The number of carbonyl (C=O) groups is 1. The first kappa shape index (κ1) is 22.2. The molecule has 0 N–H and O–H groups in total. The van der Waals surface area contributed by atoms with Gasteiger partial charge in [-0.05, 0) is 24.8 Å². The van der Waals surface area contributed by atoms with Gasteiger partial charge in [0.1, 0.15) is 0 Å². The molecule has 31 heavy (non-hydrogen) atoms. The molecule has 0 radical (unpaired) electrons. The van der Waals surface area contributed by atoms with Crippen molar-refractivity contribution in [3.8, 4) is 0 Å². The third-order valence-corrected chi connectivity index (χ3v) is 5.10. The second-order valence-corrected chi connectivity index (χ2v) is 7.38. The Morgan fingerprint density at radius 1 is 0.839 bits per heavy atom. The predicted octanol–water partition coefficient (Wildman–Crippen LogP) is 6.03.